The number of nitrogens with zero attached hydrogens (tertiary/aromatic N) is 1. The zero-order chi connectivity index (χ0) is 19.7. The Kier molecular flexibility index (Phi) is 5.08. The van der Waals surface area contributed by atoms with Gasteiger partial charge < -0.3 is 18.5 Å². The Morgan fingerprint density at radius 1 is 1.19 bits per heavy atom. The third-order valence-electron chi connectivity index (χ3n) is 4.62. The van der Waals surface area contributed by atoms with Gasteiger partial charge in [-0.3, -0.25) is 0 Å². The molecule has 0 aliphatic rings. The minimum Gasteiger partial charge on any atom is -0.497 e. The molecule has 6 nitrogen and oxygen atoms in total. The summed E-state index contributed by atoms with van der Waals surface area (Å²) >= 11 is 0. The highest BCUT2D eigenvalue weighted by Crippen LogP contribution is 2.24. The molecule has 0 saturated carbocycles. The average Bonchev–Trinajstić information content (AvgIpc) is 2.93. The highest BCUT2D eigenvalue weighted by atomic mass is 16.5. The van der Waals surface area contributed by atoms with Crippen LogP contribution in [0, 0.1) is 13.8 Å². The Bertz CT molecular complexity index is 1060. The molecule has 0 saturated heterocycles. The van der Waals surface area contributed by atoms with E-state index in [2.05, 4.69) is 18.4 Å². The van der Waals surface area contributed by atoms with Crippen LogP contribution in [0.1, 0.15) is 47.2 Å². The Hall–Kier alpha value is -3.02. The fourth-order valence-electron chi connectivity index (χ4n) is 3.46. The van der Waals surface area contributed by atoms with Crippen molar-refractivity contribution >= 4 is 16.9 Å². The number of ether oxygens (including phenoxy) is 2. The van der Waals surface area contributed by atoms with E-state index < -0.39 is 11.6 Å². The van der Waals surface area contributed by atoms with Gasteiger partial charge >= 0.3 is 11.6 Å². The minimum absolute atomic E-state index is 0.0153. The van der Waals surface area contributed by atoms with Gasteiger partial charge in [-0.1, -0.05) is 0 Å². The molecule has 0 unspecified atom stereocenters. The van der Waals surface area contributed by atoms with Gasteiger partial charge in [0, 0.05) is 40.5 Å². The number of esters is 1. The molecule has 142 valence electrons. The zero-order valence-electron chi connectivity index (χ0n) is 16.2. The molecule has 6 heteroatoms. The van der Waals surface area contributed by atoms with Gasteiger partial charge in [0.15, 0.2) is 0 Å². The predicted octanol–water partition coefficient (Wildman–Crippen LogP) is 4.16. The number of rotatable bonds is 5. The van der Waals surface area contributed by atoms with Gasteiger partial charge in [0.05, 0.1) is 12.7 Å². The Morgan fingerprint density at radius 3 is 2.56 bits per heavy atom. The SMILES string of the molecule is COc1ccc2c(COC(=O)c3cc(C)n(C(C)C)c3C)cc(=O)oc2c1. The zero-order valence-corrected chi connectivity index (χ0v) is 16.2. The first kappa shape index (κ1) is 18.8. The van der Waals surface area contributed by atoms with E-state index in [0.29, 0.717) is 27.8 Å². The van der Waals surface area contributed by atoms with Crippen molar-refractivity contribution in [3.05, 3.63) is 63.3 Å². The average molecular weight is 369 g/mol. The van der Waals surface area contributed by atoms with Crippen LogP contribution in [-0.4, -0.2) is 17.6 Å². The number of methoxy groups -OCH3 is 1. The number of carbonyl (C=O) groups is 1. The van der Waals surface area contributed by atoms with Crippen LogP contribution in [0.2, 0.25) is 0 Å². The van der Waals surface area contributed by atoms with Crippen LogP contribution in [-0.2, 0) is 11.3 Å². The van der Waals surface area contributed by atoms with Crippen molar-refractivity contribution in [1.82, 2.24) is 4.57 Å². The highest BCUT2D eigenvalue weighted by molar-refractivity contribution is 5.91. The van der Waals surface area contributed by atoms with E-state index in [4.69, 9.17) is 13.9 Å². The third-order valence-corrected chi connectivity index (χ3v) is 4.62. The van der Waals surface area contributed by atoms with Gasteiger partial charge in [0.1, 0.15) is 17.9 Å². The van der Waals surface area contributed by atoms with Gasteiger partial charge in [-0.25, -0.2) is 9.59 Å². The topological polar surface area (TPSA) is 70.7 Å². The van der Waals surface area contributed by atoms with Gasteiger partial charge in [-0.15, -0.1) is 0 Å². The summed E-state index contributed by atoms with van der Waals surface area (Å²) in [6.07, 6.45) is 0. The first-order chi connectivity index (χ1) is 12.8. The van der Waals surface area contributed by atoms with Crippen LogP contribution in [0.3, 0.4) is 0 Å². The maximum atomic E-state index is 12.6. The lowest BCUT2D eigenvalue weighted by atomic mass is 10.1. The van der Waals surface area contributed by atoms with Crippen molar-refractivity contribution in [3.8, 4) is 5.75 Å². The summed E-state index contributed by atoms with van der Waals surface area (Å²) in [5, 5.41) is 0.704. The van der Waals surface area contributed by atoms with Crippen molar-refractivity contribution in [2.75, 3.05) is 7.11 Å². The molecule has 2 aromatic heterocycles. The van der Waals surface area contributed by atoms with E-state index in [1.54, 1.807) is 25.3 Å². The number of hydrogen-bond acceptors (Lipinski definition) is 5. The number of hydrogen-bond donors (Lipinski definition) is 0. The summed E-state index contributed by atoms with van der Waals surface area (Å²) in [5.41, 5.74) is 2.90. The molecule has 0 radical (unpaired) electrons. The number of carbonyl (C=O) groups excluding carboxylic acids is 1. The third kappa shape index (κ3) is 3.60. The van der Waals surface area contributed by atoms with E-state index in [0.717, 1.165) is 11.4 Å². The largest absolute Gasteiger partial charge is 0.497 e. The smallest absolute Gasteiger partial charge is 0.340 e. The second-order valence-corrected chi connectivity index (χ2v) is 6.78. The van der Waals surface area contributed by atoms with Crippen LogP contribution in [0.4, 0.5) is 0 Å². The molecule has 0 atom stereocenters. The van der Waals surface area contributed by atoms with Crippen molar-refractivity contribution in [1.29, 1.82) is 0 Å². The molecular weight excluding hydrogens is 346 g/mol. The second kappa shape index (κ2) is 7.31. The molecule has 0 aliphatic carbocycles. The Morgan fingerprint density at radius 2 is 1.93 bits per heavy atom. The summed E-state index contributed by atoms with van der Waals surface area (Å²) in [7, 11) is 1.54. The summed E-state index contributed by atoms with van der Waals surface area (Å²) in [6.45, 7) is 7.99. The van der Waals surface area contributed by atoms with Gasteiger partial charge in [-0.05, 0) is 45.9 Å². The second-order valence-electron chi connectivity index (χ2n) is 6.78. The van der Waals surface area contributed by atoms with Gasteiger partial charge in [-0.2, -0.15) is 0 Å². The van der Waals surface area contributed by atoms with Crippen LogP contribution in [0.15, 0.2) is 39.5 Å². The van der Waals surface area contributed by atoms with E-state index in [1.165, 1.54) is 6.07 Å². The monoisotopic (exact) mass is 369 g/mol. The lowest BCUT2D eigenvalue weighted by molar-refractivity contribution is 0.0473. The minimum atomic E-state index is -0.500. The quantitative estimate of drug-likeness (QED) is 0.499. The van der Waals surface area contributed by atoms with E-state index in [9.17, 15) is 9.59 Å². The fraction of sp³-hybridized carbons (Fsp3) is 0.333. The lowest BCUT2D eigenvalue weighted by Crippen LogP contribution is -2.10. The van der Waals surface area contributed by atoms with Crippen molar-refractivity contribution in [3.63, 3.8) is 0 Å². The Labute approximate surface area is 157 Å². The van der Waals surface area contributed by atoms with Crippen LogP contribution >= 0.6 is 0 Å². The number of benzene rings is 1. The Balaban J connectivity index is 1.88. The molecule has 0 amide bonds. The van der Waals surface area contributed by atoms with Crippen LogP contribution in [0.25, 0.3) is 11.0 Å². The summed E-state index contributed by atoms with van der Waals surface area (Å²) in [6, 6.07) is 8.62. The molecule has 0 fully saturated rings. The molecule has 0 bridgehead atoms. The molecule has 0 spiro atoms. The van der Waals surface area contributed by atoms with Gasteiger partial charge in [0.25, 0.3) is 0 Å². The van der Waals surface area contributed by atoms with E-state index in [1.807, 2.05) is 19.9 Å². The number of aryl methyl sites for hydroxylation is 1. The van der Waals surface area contributed by atoms with Gasteiger partial charge in [0.2, 0.25) is 0 Å². The molecular formula is C21H23NO5. The summed E-state index contributed by atoms with van der Waals surface area (Å²) < 4.78 is 18.0. The lowest BCUT2D eigenvalue weighted by Gasteiger charge is -2.13. The molecule has 0 aliphatic heterocycles. The molecule has 27 heavy (non-hydrogen) atoms. The molecule has 0 N–H and O–H groups in total. The normalized spacial score (nSPS) is 11.2. The maximum Gasteiger partial charge on any atom is 0.340 e. The van der Waals surface area contributed by atoms with Crippen LogP contribution in [0.5, 0.6) is 5.75 Å². The molecule has 1 aromatic carbocycles. The predicted molar refractivity (Wildman–Crippen MR) is 102 cm³/mol. The molecule has 3 aromatic rings. The standard InChI is InChI=1S/C21H23NO5/c1-12(2)22-13(3)8-18(14(22)4)21(24)26-11-15-9-20(23)27-19-10-16(25-5)6-7-17(15)19/h6-10,12H,11H2,1-5H3. The number of aromatic nitrogens is 1. The number of fused-ring (bicyclic) bond motifs is 1. The fourth-order valence-corrected chi connectivity index (χ4v) is 3.46. The van der Waals surface area contributed by atoms with E-state index >= 15 is 0 Å². The van der Waals surface area contributed by atoms with Crippen LogP contribution < -0.4 is 10.4 Å². The first-order valence-electron chi connectivity index (χ1n) is 8.78. The molecule has 3 rings (SSSR count). The van der Waals surface area contributed by atoms with E-state index in [-0.39, 0.29) is 12.6 Å². The summed E-state index contributed by atoms with van der Waals surface area (Å²) in [4.78, 5) is 24.4. The summed E-state index contributed by atoms with van der Waals surface area (Å²) in [5.74, 6) is 0.172. The molecule has 2 heterocycles. The van der Waals surface area contributed by atoms with Crippen molar-refractivity contribution in [2.45, 2.75) is 40.3 Å². The van der Waals surface area contributed by atoms with Crippen molar-refractivity contribution in [2.24, 2.45) is 0 Å². The first-order valence-corrected chi connectivity index (χ1v) is 8.78. The van der Waals surface area contributed by atoms with Crippen molar-refractivity contribution < 1.29 is 18.7 Å². The maximum absolute atomic E-state index is 12.6. The highest BCUT2D eigenvalue weighted by Gasteiger charge is 2.19.